The van der Waals surface area contributed by atoms with Crippen LogP contribution in [0.5, 0.6) is 5.75 Å². The first-order chi connectivity index (χ1) is 15.9. The lowest BCUT2D eigenvalue weighted by Gasteiger charge is -2.27. The molecule has 0 unspecified atom stereocenters. The van der Waals surface area contributed by atoms with Crippen molar-refractivity contribution in [1.82, 2.24) is 19.9 Å². The van der Waals surface area contributed by atoms with Crippen LogP contribution >= 0.6 is 0 Å². The number of amides is 1. The fourth-order valence-electron chi connectivity index (χ4n) is 4.28. The van der Waals surface area contributed by atoms with Crippen molar-refractivity contribution in [1.29, 1.82) is 0 Å². The van der Waals surface area contributed by atoms with Crippen LogP contribution in [0.4, 0.5) is 10.3 Å². The van der Waals surface area contributed by atoms with Gasteiger partial charge in [0.25, 0.3) is 0 Å². The third kappa shape index (κ3) is 4.65. The Balaban J connectivity index is 1.68. The van der Waals surface area contributed by atoms with E-state index in [-0.39, 0.29) is 24.1 Å². The molecule has 33 heavy (non-hydrogen) atoms. The van der Waals surface area contributed by atoms with Gasteiger partial charge in [0.05, 0.1) is 25.3 Å². The second kappa shape index (κ2) is 9.52. The standard InChI is InChI=1S/C25H28FN5O2/c1-16-14-27-10-9-18(16)19-15-28-25(30(2)3)29-24(19)21-6-5-11-31(21)23(32)13-17-7-8-22(33-4)20(26)12-17/h7-10,12,14-15,21H,5-6,11,13H2,1-4H3/t21-/m0/s1. The van der Waals surface area contributed by atoms with Crippen molar-refractivity contribution in [2.75, 3.05) is 32.6 Å². The third-order valence-electron chi connectivity index (χ3n) is 5.98. The van der Waals surface area contributed by atoms with Crippen LogP contribution in [0.1, 0.15) is 35.7 Å². The predicted octanol–water partition coefficient (Wildman–Crippen LogP) is 3.97. The van der Waals surface area contributed by atoms with Crippen LogP contribution < -0.4 is 9.64 Å². The van der Waals surface area contributed by atoms with Gasteiger partial charge < -0.3 is 14.5 Å². The molecule has 8 heteroatoms. The highest BCUT2D eigenvalue weighted by Crippen LogP contribution is 2.38. The molecule has 0 saturated carbocycles. The van der Waals surface area contributed by atoms with Crippen molar-refractivity contribution in [3.63, 3.8) is 0 Å². The Labute approximate surface area is 193 Å². The van der Waals surface area contributed by atoms with Gasteiger partial charge in [-0.1, -0.05) is 6.07 Å². The zero-order valence-electron chi connectivity index (χ0n) is 19.4. The Morgan fingerprint density at radius 3 is 2.76 bits per heavy atom. The van der Waals surface area contributed by atoms with Gasteiger partial charge in [0.2, 0.25) is 11.9 Å². The van der Waals surface area contributed by atoms with Crippen LogP contribution in [-0.4, -0.2) is 53.5 Å². The smallest absolute Gasteiger partial charge is 0.227 e. The van der Waals surface area contributed by atoms with E-state index in [4.69, 9.17) is 9.72 Å². The molecule has 4 rings (SSSR count). The molecule has 1 amide bonds. The van der Waals surface area contributed by atoms with Crippen LogP contribution in [0.25, 0.3) is 11.1 Å². The number of hydrogen-bond donors (Lipinski definition) is 0. The monoisotopic (exact) mass is 449 g/mol. The largest absolute Gasteiger partial charge is 0.494 e. The second-order valence-electron chi connectivity index (χ2n) is 8.44. The number of rotatable bonds is 6. The van der Waals surface area contributed by atoms with Gasteiger partial charge in [-0.25, -0.2) is 14.4 Å². The number of likely N-dealkylation sites (tertiary alicyclic amines) is 1. The Kier molecular flexibility index (Phi) is 6.53. The van der Waals surface area contributed by atoms with Crippen molar-refractivity contribution in [3.8, 4) is 16.9 Å². The van der Waals surface area contributed by atoms with Crippen molar-refractivity contribution >= 4 is 11.9 Å². The Morgan fingerprint density at radius 2 is 2.06 bits per heavy atom. The quantitative estimate of drug-likeness (QED) is 0.567. The van der Waals surface area contributed by atoms with E-state index in [1.165, 1.54) is 13.2 Å². The maximum absolute atomic E-state index is 14.1. The minimum absolute atomic E-state index is 0.0514. The van der Waals surface area contributed by atoms with E-state index in [9.17, 15) is 9.18 Å². The fourth-order valence-corrected chi connectivity index (χ4v) is 4.28. The van der Waals surface area contributed by atoms with Crippen LogP contribution in [0.2, 0.25) is 0 Å². The normalized spacial score (nSPS) is 15.5. The number of nitrogens with zero attached hydrogens (tertiary/aromatic N) is 5. The molecule has 1 atom stereocenters. The highest BCUT2D eigenvalue weighted by molar-refractivity contribution is 5.80. The lowest BCUT2D eigenvalue weighted by molar-refractivity contribution is -0.131. The van der Waals surface area contributed by atoms with Crippen LogP contribution in [0, 0.1) is 12.7 Å². The van der Waals surface area contributed by atoms with Crippen molar-refractivity contribution < 1.29 is 13.9 Å². The number of hydrogen-bond acceptors (Lipinski definition) is 6. The number of aromatic nitrogens is 3. The number of methoxy groups -OCH3 is 1. The minimum Gasteiger partial charge on any atom is -0.494 e. The number of pyridine rings is 1. The SMILES string of the molecule is COc1ccc(CC(=O)N2CCC[C@H]2c2nc(N(C)C)ncc2-c2ccncc2C)cc1F. The molecule has 0 bridgehead atoms. The molecule has 1 aliphatic rings. The molecule has 0 radical (unpaired) electrons. The summed E-state index contributed by atoms with van der Waals surface area (Å²) in [6.45, 7) is 2.64. The minimum atomic E-state index is -0.470. The molecule has 1 saturated heterocycles. The Hall–Kier alpha value is -3.55. The topological polar surface area (TPSA) is 71.5 Å². The number of anilines is 1. The van der Waals surface area contributed by atoms with Gasteiger partial charge >= 0.3 is 0 Å². The van der Waals surface area contributed by atoms with E-state index < -0.39 is 5.82 Å². The zero-order valence-corrected chi connectivity index (χ0v) is 19.4. The molecule has 1 fully saturated rings. The van der Waals surface area contributed by atoms with Crippen molar-refractivity contribution in [2.45, 2.75) is 32.2 Å². The summed E-state index contributed by atoms with van der Waals surface area (Å²) >= 11 is 0. The van der Waals surface area contributed by atoms with E-state index in [0.717, 1.165) is 35.2 Å². The van der Waals surface area contributed by atoms with Gasteiger partial charge in [0.1, 0.15) is 0 Å². The van der Waals surface area contributed by atoms with Crippen LogP contribution in [-0.2, 0) is 11.2 Å². The summed E-state index contributed by atoms with van der Waals surface area (Å²) in [4.78, 5) is 30.6. The van der Waals surface area contributed by atoms with Crippen LogP contribution in [0.15, 0.2) is 42.9 Å². The van der Waals surface area contributed by atoms with Crippen molar-refractivity contribution in [2.24, 2.45) is 0 Å². The van der Waals surface area contributed by atoms with E-state index in [0.29, 0.717) is 18.1 Å². The number of benzene rings is 1. The van der Waals surface area contributed by atoms with Gasteiger partial charge in [0.15, 0.2) is 11.6 Å². The molecule has 3 aromatic rings. The number of carbonyl (C=O) groups excluding carboxylic acids is 1. The van der Waals surface area contributed by atoms with Gasteiger partial charge in [-0.15, -0.1) is 0 Å². The Bertz CT molecular complexity index is 1170. The fraction of sp³-hybridized carbons (Fsp3) is 0.360. The Morgan fingerprint density at radius 1 is 1.24 bits per heavy atom. The first-order valence-corrected chi connectivity index (χ1v) is 11.0. The second-order valence-corrected chi connectivity index (χ2v) is 8.44. The molecule has 1 aromatic carbocycles. The van der Waals surface area contributed by atoms with Gasteiger partial charge in [0, 0.05) is 44.8 Å². The van der Waals surface area contributed by atoms with Gasteiger partial charge in [-0.2, -0.15) is 0 Å². The number of halogens is 1. The number of carbonyl (C=O) groups is 1. The molecule has 0 spiro atoms. The molecule has 1 aliphatic heterocycles. The van der Waals surface area contributed by atoms with Gasteiger partial charge in [-0.3, -0.25) is 9.78 Å². The lowest BCUT2D eigenvalue weighted by atomic mass is 9.97. The van der Waals surface area contributed by atoms with E-state index in [1.807, 2.05) is 49.3 Å². The predicted molar refractivity (Wildman–Crippen MR) is 125 cm³/mol. The van der Waals surface area contributed by atoms with E-state index in [2.05, 4.69) is 9.97 Å². The van der Waals surface area contributed by atoms with Crippen LogP contribution in [0.3, 0.4) is 0 Å². The lowest BCUT2D eigenvalue weighted by Crippen LogP contribution is -2.33. The first-order valence-electron chi connectivity index (χ1n) is 11.0. The third-order valence-corrected chi connectivity index (χ3v) is 5.98. The summed E-state index contributed by atoms with van der Waals surface area (Å²) in [5, 5.41) is 0. The maximum Gasteiger partial charge on any atom is 0.227 e. The number of aryl methyl sites for hydroxylation is 1. The summed E-state index contributed by atoms with van der Waals surface area (Å²) in [6, 6.07) is 6.42. The average molecular weight is 450 g/mol. The highest BCUT2D eigenvalue weighted by atomic mass is 19.1. The average Bonchev–Trinajstić information content (AvgIpc) is 3.29. The molecule has 7 nitrogen and oxygen atoms in total. The molecular formula is C25H28FN5O2. The highest BCUT2D eigenvalue weighted by Gasteiger charge is 2.33. The summed E-state index contributed by atoms with van der Waals surface area (Å²) < 4.78 is 19.1. The summed E-state index contributed by atoms with van der Waals surface area (Å²) in [6.07, 6.45) is 7.20. The van der Waals surface area contributed by atoms with E-state index in [1.54, 1.807) is 18.3 Å². The molecule has 3 heterocycles. The molecule has 0 aliphatic carbocycles. The summed E-state index contributed by atoms with van der Waals surface area (Å²) in [5.41, 5.74) is 4.37. The van der Waals surface area contributed by atoms with Crippen molar-refractivity contribution in [3.05, 3.63) is 65.5 Å². The summed E-state index contributed by atoms with van der Waals surface area (Å²) in [7, 11) is 5.21. The van der Waals surface area contributed by atoms with Gasteiger partial charge in [-0.05, 0) is 54.7 Å². The summed E-state index contributed by atoms with van der Waals surface area (Å²) in [5.74, 6) is 0.240. The number of ether oxygens (including phenoxy) is 1. The first kappa shape index (κ1) is 22.6. The molecule has 0 N–H and O–H groups in total. The zero-order chi connectivity index (χ0) is 23.5. The molecule has 2 aromatic heterocycles. The van der Waals surface area contributed by atoms with E-state index >= 15 is 0 Å². The molecule has 172 valence electrons. The maximum atomic E-state index is 14.1. The molecular weight excluding hydrogens is 421 g/mol.